The van der Waals surface area contributed by atoms with Crippen LogP contribution in [0.2, 0.25) is 0 Å². The summed E-state index contributed by atoms with van der Waals surface area (Å²) in [5.41, 5.74) is 6.13. The maximum atomic E-state index is 6.13. The third kappa shape index (κ3) is 1.46. The molecule has 3 N–H and O–H groups in total. The van der Waals surface area contributed by atoms with E-state index in [1.807, 2.05) is 0 Å². The van der Waals surface area contributed by atoms with Gasteiger partial charge >= 0.3 is 0 Å². The van der Waals surface area contributed by atoms with Gasteiger partial charge in [-0.25, -0.2) is 0 Å². The highest BCUT2D eigenvalue weighted by Crippen LogP contribution is 2.65. The van der Waals surface area contributed by atoms with Crippen LogP contribution in [0.15, 0.2) is 0 Å². The zero-order valence-electron chi connectivity index (χ0n) is 10.1. The van der Waals surface area contributed by atoms with Crippen molar-refractivity contribution in [2.45, 2.75) is 50.6 Å². The van der Waals surface area contributed by atoms with E-state index in [9.17, 15) is 0 Å². The second-order valence-electron chi connectivity index (χ2n) is 6.76. The zero-order chi connectivity index (χ0) is 10.7. The van der Waals surface area contributed by atoms with Crippen molar-refractivity contribution in [2.75, 3.05) is 6.54 Å². The lowest BCUT2D eigenvalue weighted by Gasteiger charge is -2.13. The number of nitrogens with two attached hydrogens (primary N) is 1. The van der Waals surface area contributed by atoms with Gasteiger partial charge in [-0.3, -0.25) is 0 Å². The monoisotopic (exact) mass is 220 g/mol. The van der Waals surface area contributed by atoms with Gasteiger partial charge < -0.3 is 11.1 Å². The molecule has 4 saturated carbocycles. The average molecular weight is 220 g/mol. The molecule has 2 heteroatoms. The summed E-state index contributed by atoms with van der Waals surface area (Å²) in [5.74, 6) is 5.23. The highest BCUT2D eigenvalue weighted by molar-refractivity contribution is 5.16. The molecule has 0 heterocycles. The Morgan fingerprint density at radius 2 is 1.75 bits per heavy atom. The molecule has 16 heavy (non-hydrogen) atoms. The molecule has 4 fully saturated rings. The van der Waals surface area contributed by atoms with Gasteiger partial charge in [-0.05, 0) is 74.7 Å². The predicted molar refractivity (Wildman–Crippen MR) is 64.9 cm³/mol. The summed E-state index contributed by atoms with van der Waals surface area (Å²) in [6.45, 7) is 1.18. The van der Waals surface area contributed by atoms with E-state index in [2.05, 4.69) is 5.32 Å². The van der Waals surface area contributed by atoms with Gasteiger partial charge in [0.25, 0.3) is 0 Å². The van der Waals surface area contributed by atoms with Crippen molar-refractivity contribution in [2.24, 2.45) is 35.3 Å². The highest BCUT2D eigenvalue weighted by atomic mass is 15.0. The SMILES string of the molecule is NC(CCNC1C2C3CCC(C3)C12)C1CC1. The van der Waals surface area contributed by atoms with Crippen molar-refractivity contribution in [1.82, 2.24) is 5.32 Å². The molecule has 0 aliphatic heterocycles. The van der Waals surface area contributed by atoms with Crippen molar-refractivity contribution in [3.63, 3.8) is 0 Å². The summed E-state index contributed by atoms with van der Waals surface area (Å²) < 4.78 is 0. The first kappa shape index (κ1) is 9.90. The van der Waals surface area contributed by atoms with Gasteiger partial charge in [-0.1, -0.05) is 0 Å². The molecule has 4 rings (SSSR count). The van der Waals surface area contributed by atoms with Crippen LogP contribution >= 0.6 is 0 Å². The van der Waals surface area contributed by atoms with Crippen LogP contribution in [0.25, 0.3) is 0 Å². The van der Waals surface area contributed by atoms with E-state index >= 15 is 0 Å². The standard InChI is InChI=1S/C14H24N2/c15-11(8-1-2-8)5-6-16-14-12-9-3-4-10(7-9)13(12)14/h8-14,16H,1-7,15H2. The largest absolute Gasteiger partial charge is 0.327 e. The molecule has 0 aromatic heterocycles. The Labute approximate surface area is 98.3 Å². The fourth-order valence-electron chi connectivity index (χ4n) is 4.77. The average Bonchev–Trinajstić information content (AvgIpc) is 3.18. The molecular weight excluding hydrogens is 196 g/mol. The Hall–Kier alpha value is -0.0800. The maximum Gasteiger partial charge on any atom is 0.0136 e. The van der Waals surface area contributed by atoms with Gasteiger partial charge in [0.2, 0.25) is 0 Å². The summed E-state index contributed by atoms with van der Waals surface area (Å²) >= 11 is 0. The fourth-order valence-corrected chi connectivity index (χ4v) is 4.77. The molecule has 0 saturated heterocycles. The Morgan fingerprint density at radius 3 is 2.38 bits per heavy atom. The van der Waals surface area contributed by atoms with E-state index in [0.29, 0.717) is 6.04 Å². The second kappa shape index (κ2) is 3.46. The van der Waals surface area contributed by atoms with Crippen molar-refractivity contribution in [3.8, 4) is 0 Å². The summed E-state index contributed by atoms with van der Waals surface area (Å²) in [4.78, 5) is 0. The van der Waals surface area contributed by atoms with Crippen molar-refractivity contribution >= 4 is 0 Å². The molecule has 0 aromatic rings. The highest BCUT2D eigenvalue weighted by Gasteiger charge is 2.64. The lowest BCUT2D eigenvalue weighted by atomic mass is 10.0. The van der Waals surface area contributed by atoms with Gasteiger partial charge in [-0.15, -0.1) is 0 Å². The summed E-state index contributed by atoms with van der Waals surface area (Å²) in [6.07, 6.45) is 8.61. The molecule has 2 nitrogen and oxygen atoms in total. The van der Waals surface area contributed by atoms with E-state index in [1.165, 1.54) is 38.6 Å². The minimum atomic E-state index is 0.489. The van der Waals surface area contributed by atoms with Crippen molar-refractivity contribution < 1.29 is 0 Å². The van der Waals surface area contributed by atoms with E-state index < -0.39 is 0 Å². The first-order valence-corrected chi connectivity index (χ1v) is 7.33. The molecule has 0 amide bonds. The first-order chi connectivity index (χ1) is 7.84. The second-order valence-corrected chi connectivity index (χ2v) is 6.76. The van der Waals surface area contributed by atoms with Gasteiger partial charge in [0.1, 0.15) is 0 Å². The van der Waals surface area contributed by atoms with Crippen LogP contribution < -0.4 is 11.1 Å². The Kier molecular flexibility index (Phi) is 2.14. The molecular formula is C14H24N2. The number of nitrogens with one attached hydrogen (secondary N) is 1. The van der Waals surface area contributed by atoms with Crippen LogP contribution in [0.3, 0.4) is 0 Å². The summed E-state index contributed by atoms with van der Waals surface area (Å²) in [5, 5.41) is 3.79. The smallest absolute Gasteiger partial charge is 0.0136 e. The lowest BCUT2D eigenvalue weighted by Crippen LogP contribution is -2.31. The number of rotatable bonds is 5. The van der Waals surface area contributed by atoms with E-state index in [1.54, 1.807) is 6.42 Å². The molecule has 90 valence electrons. The molecule has 5 unspecified atom stereocenters. The number of hydrogen-bond acceptors (Lipinski definition) is 2. The van der Waals surface area contributed by atoms with E-state index in [0.717, 1.165) is 35.6 Å². The van der Waals surface area contributed by atoms with Crippen LogP contribution in [-0.4, -0.2) is 18.6 Å². The molecule has 5 atom stereocenters. The minimum Gasteiger partial charge on any atom is -0.327 e. The first-order valence-electron chi connectivity index (χ1n) is 7.33. The van der Waals surface area contributed by atoms with Gasteiger partial charge in [0.15, 0.2) is 0 Å². The third-order valence-corrected chi connectivity index (χ3v) is 5.82. The summed E-state index contributed by atoms with van der Waals surface area (Å²) in [7, 11) is 0. The van der Waals surface area contributed by atoms with Crippen LogP contribution in [0, 0.1) is 29.6 Å². The van der Waals surface area contributed by atoms with Crippen LogP contribution in [0.5, 0.6) is 0 Å². The Balaban J connectivity index is 1.22. The number of fused-ring (bicyclic) bond motifs is 5. The molecule has 4 aliphatic carbocycles. The van der Waals surface area contributed by atoms with Crippen LogP contribution in [-0.2, 0) is 0 Å². The molecule has 2 bridgehead atoms. The van der Waals surface area contributed by atoms with Crippen molar-refractivity contribution in [3.05, 3.63) is 0 Å². The molecule has 0 radical (unpaired) electrons. The van der Waals surface area contributed by atoms with Gasteiger partial charge in [-0.2, -0.15) is 0 Å². The molecule has 4 aliphatic rings. The number of hydrogen-bond donors (Lipinski definition) is 2. The van der Waals surface area contributed by atoms with Gasteiger partial charge in [0, 0.05) is 12.1 Å². The lowest BCUT2D eigenvalue weighted by molar-refractivity contribution is 0.442. The molecule has 0 spiro atoms. The zero-order valence-corrected chi connectivity index (χ0v) is 10.1. The third-order valence-electron chi connectivity index (χ3n) is 5.82. The van der Waals surface area contributed by atoms with Crippen LogP contribution in [0.4, 0.5) is 0 Å². The molecule has 0 aromatic carbocycles. The fraction of sp³-hybridized carbons (Fsp3) is 1.00. The Morgan fingerprint density at radius 1 is 1.06 bits per heavy atom. The topological polar surface area (TPSA) is 38.0 Å². The van der Waals surface area contributed by atoms with E-state index in [-0.39, 0.29) is 0 Å². The maximum absolute atomic E-state index is 6.13. The summed E-state index contributed by atoms with van der Waals surface area (Å²) in [6, 6.07) is 1.39. The minimum absolute atomic E-state index is 0.489. The van der Waals surface area contributed by atoms with Gasteiger partial charge in [0.05, 0.1) is 0 Å². The van der Waals surface area contributed by atoms with E-state index in [4.69, 9.17) is 5.73 Å². The normalized spacial score (nSPS) is 50.4. The Bertz CT molecular complexity index is 270. The van der Waals surface area contributed by atoms with Crippen molar-refractivity contribution in [1.29, 1.82) is 0 Å². The van der Waals surface area contributed by atoms with Crippen LogP contribution in [0.1, 0.15) is 38.5 Å². The predicted octanol–water partition coefficient (Wildman–Crippen LogP) is 1.75. The quantitative estimate of drug-likeness (QED) is 0.741.